The van der Waals surface area contributed by atoms with Gasteiger partial charge in [-0.25, -0.2) is 4.79 Å². The first-order chi connectivity index (χ1) is 9.15. The number of carbonyl (C=O) groups is 1. The Morgan fingerprint density at radius 2 is 2.37 bits per heavy atom. The van der Waals surface area contributed by atoms with E-state index in [1.54, 1.807) is 11.3 Å². The zero-order valence-electron chi connectivity index (χ0n) is 11.3. The van der Waals surface area contributed by atoms with Crippen LogP contribution in [-0.2, 0) is 0 Å². The lowest BCUT2D eigenvalue weighted by Gasteiger charge is -2.14. The lowest BCUT2D eigenvalue weighted by molar-refractivity contribution is 0.177. The van der Waals surface area contributed by atoms with Crippen LogP contribution < -0.4 is 10.6 Å². The van der Waals surface area contributed by atoms with Crippen molar-refractivity contribution in [3.05, 3.63) is 22.4 Å². The Bertz CT molecular complexity index is 394. The highest BCUT2D eigenvalue weighted by Crippen LogP contribution is 2.24. The van der Waals surface area contributed by atoms with Crippen molar-refractivity contribution < 1.29 is 9.90 Å². The van der Waals surface area contributed by atoms with Gasteiger partial charge in [-0.1, -0.05) is 13.0 Å². The van der Waals surface area contributed by atoms with Gasteiger partial charge >= 0.3 is 6.03 Å². The quantitative estimate of drug-likeness (QED) is 0.776. The normalized spacial score (nSPS) is 24.1. The van der Waals surface area contributed by atoms with E-state index in [1.807, 2.05) is 6.07 Å². The van der Waals surface area contributed by atoms with Crippen LogP contribution >= 0.6 is 11.3 Å². The fourth-order valence-corrected chi connectivity index (χ4v) is 3.24. The van der Waals surface area contributed by atoms with Crippen LogP contribution in [0.4, 0.5) is 4.79 Å². The van der Waals surface area contributed by atoms with E-state index in [0.717, 1.165) is 19.3 Å². The average Bonchev–Trinajstić information content (AvgIpc) is 3.04. The summed E-state index contributed by atoms with van der Waals surface area (Å²) in [6.07, 6.45) is 2.51. The molecule has 106 valence electrons. The fourth-order valence-electron chi connectivity index (χ4n) is 2.45. The molecule has 1 aliphatic carbocycles. The smallest absolute Gasteiger partial charge is 0.314 e. The van der Waals surface area contributed by atoms with Gasteiger partial charge in [0.25, 0.3) is 0 Å². The highest BCUT2D eigenvalue weighted by Gasteiger charge is 2.22. The number of thiophene rings is 1. The lowest BCUT2D eigenvalue weighted by Crippen LogP contribution is -2.39. The molecule has 0 spiro atoms. The molecule has 0 saturated heterocycles. The number of hydrogen-bond acceptors (Lipinski definition) is 3. The van der Waals surface area contributed by atoms with Crippen molar-refractivity contribution in [2.75, 3.05) is 13.1 Å². The van der Waals surface area contributed by atoms with Crippen molar-refractivity contribution in [1.29, 1.82) is 0 Å². The molecule has 19 heavy (non-hydrogen) atoms. The molecular formula is C14H22N2O2S. The maximum Gasteiger partial charge on any atom is 0.314 e. The van der Waals surface area contributed by atoms with Crippen LogP contribution in [0.15, 0.2) is 17.5 Å². The predicted octanol–water partition coefficient (Wildman–Crippen LogP) is 2.31. The molecule has 3 N–H and O–H groups in total. The van der Waals surface area contributed by atoms with Gasteiger partial charge < -0.3 is 15.7 Å². The number of amides is 2. The van der Waals surface area contributed by atoms with Crippen molar-refractivity contribution in [1.82, 2.24) is 10.6 Å². The third-order valence-electron chi connectivity index (χ3n) is 3.66. The van der Waals surface area contributed by atoms with Crippen molar-refractivity contribution in [3.63, 3.8) is 0 Å². The Morgan fingerprint density at radius 1 is 1.53 bits per heavy atom. The molecule has 0 bridgehead atoms. The lowest BCUT2D eigenvalue weighted by atomic mass is 10.1. The molecule has 5 heteroatoms. The molecule has 0 aliphatic heterocycles. The van der Waals surface area contributed by atoms with E-state index in [9.17, 15) is 9.90 Å². The Morgan fingerprint density at radius 3 is 3.00 bits per heavy atom. The topological polar surface area (TPSA) is 61.4 Å². The summed E-state index contributed by atoms with van der Waals surface area (Å²) in [4.78, 5) is 13.0. The van der Waals surface area contributed by atoms with Crippen molar-refractivity contribution >= 4 is 17.4 Å². The van der Waals surface area contributed by atoms with Crippen molar-refractivity contribution in [3.8, 4) is 0 Å². The molecule has 0 aromatic carbocycles. The van der Waals surface area contributed by atoms with E-state index in [-0.39, 0.29) is 12.1 Å². The van der Waals surface area contributed by atoms with Gasteiger partial charge in [-0.05, 0) is 36.6 Å². The molecule has 2 amide bonds. The third-order valence-corrected chi connectivity index (χ3v) is 4.77. The summed E-state index contributed by atoms with van der Waals surface area (Å²) in [7, 11) is 0. The Balaban J connectivity index is 1.62. The Hall–Kier alpha value is -1.07. The van der Waals surface area contributed by atoms with E-state index in [0.29, 0.717) is 24.9 Å². The molecular weight excluding hydrogens is 260 g/mol. The van der Waals surface area contributed by atoms with Crippen LogP contribution in [0.5, 0.6) is 0 Å². The highest BCUT2D eigenvalue weighted by molar-refractivity contribution is 7.10. The number of urea groups is 1. The zero-order chi connectivity index (χ0) is 13.7. The van der Waals surface area contributed by atoms with Crippen LogP contribution in [-0.4, -0.2) is 30.3 Å². The second-order valence-corrected chi connectivity index (χ2v) is 6.32. The molecule has 1 aliphatic rings. The second kappa shape index (κ2) is 6.91. The second-order valence-electron chi connectivity index (χ2n) is 5.34. The van der Waals surface area contributed by atoms with Crippen LogP contribution in [0.2, 0.25) is 0 Å². The summed E-state index contributed by atoms with van der Waals surface area (Å²) in [5, 5.41) is 17.3. The minimum atomic E-state index is -0.172. The Labute approximate surface area is 118 Å². The number of carbonyl (C=O) groups excluding carboxylic acids is 1. The van der Waals surface area contributed by atoms with Crippen LogP contribution in [0, 0.1) is 5.92 Å². The molecule has 0 radical (unpaired) electrons. The molecule has 3 atom stereocenters. The predicted molar refractivity (Wildman–Crippen MR) is 77.5 cm³/mol. The molecule has 1 saturated carbocycles. The number of rotatable bonds is 5. The van der Waals surface area contributed by atoms with Crippen LogP contribution in [0.1, 0.15) is 37.0 Å². The van der Waals surface area contributed by atoms with E-state index >= 15 is 0 Å². The standard InChI is InChI=1S/C14H22N2O2S/c1-10(13-3-2-6-19-13)8-15-14(18)16-9-11-4-5-12(17)7-11/h2-3,6,10-12,17H,4-5,7-9H2,1H3,(H2,15,16,18)/t10-,11+,12+/m1/s1. The summed E-state index contributed by atoms with van der Waals surface area (Å²) in [6, 6.07) is 4.02. The van der Waals surface area contributed by atoms with E-state index < -0.39 is 0 Å². The van der Waals surface area contributed by atoms with Crippen LogP contribution in [0.3, 0.4) is 0 Å². The van der Waals surface area contributed by atoms with Gasteiger partial charge in [-0.15, -0.1) is 11.3 Å². The highest BCUT2D eigenvalue weighted by atomic mass is 32.1. The molecule has 0 unspecified atom stereocenters. The summed E-state index contributed by atoms with van der Waals surface area (Å²) in [5.41, 5.74) is 0. The number of aliphatic hydroxyl groups excluding tert-OH is 1. The van der Waals surface area contributed by atoms with Crippen molar-refractivity contribution in [2.45, 2.75) is 38.2 Å². The van der Waals surface area contributed by atoms with Gasteiger partial charge in [0, 0.05) is 23.9 Å². The van der Waals surface area contributed by atoms with Crippen LogP contribution in [0.25, 0.3) is 0 Å². The molecule has 4 nitrogen and oxygen atoms in total. The minimum absolute atomic E-state index is 0.107. The Kier molecular flexibility index (Phi) is 5.22. The SMILES string of the molecule is C[C@H](CNC(=O)NC[C@H]1CC[C@H](O)C1)c1cccs1. The van der Waals surface area contributed by atoms with Gasteiger partial charge in [0.05, 0.1) is 6.10 Å². The summed E-state index contributed by atoms with van der Waals surface area (Å²) < 4.78 is 0. The zero-order valence-corrected chi connectivity index (χ0v) is 12.1. The van der Waals surface area contributed by atoms with E-state index in [4.69, 9.17) is 0 Å². The number of hydrogen-bond donors (Lipinski definition) is 3. The van der Waals surface area contributed by atoms with Gasteiger partial charge in [0.1, 0.15) is 0 Å². The monoisotopic (exact) mass is 282 g/mol. The largest absolute Gasteiger partial charge is 0.393 e. The van der Waals surface area contributed by atoms with Gasteiger partial charge in [-0.3, -0.25) is 0 Å². The average molecular weight is 282 g/mol. The van der Waals surface area contributed by atoms with E-state index in [2.05, 4.69) is 29.0 Å². The number of nitrogens with one attached hydrogen (secondary N) is 2. The number of aliphatic hydroxyl groups is 1. The minimum Gasteiger partial charge on any atom is -0.393 e. The molecule has 1 aromatic rings. The first-order valence-electron chi connectivity index (χ1n) is 6.88. The third kappa shape index (κ3) is 4.51. The first kappa shape index (κ1) is 14.3. The van der Waals surface area contributed by atoms with Gasteiger partial charge in [0.15, 0.2) is 0 Å². The fraction of sp³-hybridized carbons (Fsp3) is 0.643. The summed E-state index contributed by atoms with van der Waals surface area (Å²) in [5.74, 6) is 0.773. The summed E-state index contributed by atoms with van der Waals surface area (Å²) in [6.45, 7) is 3.43. The molecule has 1 heterocycles. The van der Waals surface area contributed by atoms with Gasteiger partial charge in [-0.2, -0.15) is 0 Å². The van der Waals surface area contributed by atoms with E-state index in [1.165, 1.54) is 4.88 Å². The maximum atomic E-state index is 11.7. The molecule has 1 aromatic heterocycles. The first-order valence-corrected chi connectivity index (χ1v) is 7.76. The van der Waals surface area contributed by atoms with Crippen molar-refractivity contribution in [2.24, 2.45) is 5.92 Å². The molecule has 2 rings (SSSR count). The maximum absolute atomic E-state index is 11.7. The van der Waals surface area contributed by atoms with Gasteiger partial charge in [0.2, 0.25) is 0 Å². The summed E-state index contributed by atoms with van der Waals surface area (Å²) >= 11 is 1.72. The molecule has 1 fully saturated rings.